The molecule has 0 fully saturated rings. The van der Waals surface area contributed by atoms with Gasteiger partial charge in [-0.25, -0.2) is 4.68 Å². The van der Waals surface area contributed by atoms with E-state index in [0.29, 0.717) is 12.4 Å². The molecule has 0 saturated carbocycles. The Kier molecular flexibility index (Phi) is 5.59. The lowest BCUT2D eigenvalue weighted by Crippen LogP contribution is -2.15. The zero-order valence-electron chi connectivity index (χ0n) is 10.5. The third-order valence-electron chi connectivity index (χ3n) is 2.79. The van der Waals surface area contributed by atoms with Crippen LogP contribution in [0.25, 0.3) is 0 Å². The van der Waals surface area contributed by atoms with Gasteiger partial charge in [-0.1, -0.05) is 32.6 Å². The van der Waals surface area contributed by atoms with Crippen molar-refractivity contribution in [1.29, 1.82) is 0 Å². The number of carbonyl (C=O) groups is 1. The predicted molar refractivity (Wildman–Crippen MR) is 62.6 cm³/mol. The van der Waals surface area contributed by atoms with Gasteiger partial charge in [-0.05, 0) is 23.8 Å². The van der Waals surface area contributed by atoms with Crippen molar-refractivity contribution in [2.75, 3.05) is 0 Å². The van der Waals surface area contributed by atoms with Crippen LogP contribution in [0.1, 0.15) is 57.7 Å². The third-order valence-corrected chi connectivity index (χ3v) is 2.79. The molecule has 1 unspecified atom stereocenters. The van der Waals surface area contributed by atoms with E-state index in [-0.39, 0.29) is 0 Å². The van der Waals surface area contributed by atoms with Gasteiger partial charge in [0, 0.05) is 6.54 Å². The summed E-state index contributed by atoms with van der Waals surface area (Å²) in [6.45, 7) is 4.47. The summed E-state index contributed by atoms with van der Waals surface area (Å²) in [5.41, 5.74) is 0. The third kappa shape index (κ3) is 4.13. The van der Waals surface area contributed by atoms with E-state index in [2.05, 4.69) is 22.4 Å². The molecular weight excluding hydrogens is 220 g/mol. The smallest absolute Gasteiger partial charge is 0.314 e. The highest BCUT2D eigenvalue weighted by molar-refractivity contribution is 5.74. The second-order valence-corrected chi connectivity index (χ2v) is 4.23. The molecule has 1 atom stereocenters. The van der Waals surface area contributed by atoms with E-state index in [9.17, 15) is 4.79 Å². The zero-order valence-corrected chi connectivity index (χ0v) is 10.5. The number of hydrogen-bond acceptors (Lipinski definition) is 4. The summed E-state index contributed by atoms with van der Waals surface area (Å²) in [6.07, 6.45) is 5.79. The second-order valence-electron chi connectivity index (χ2n) is 4.23. The molecule has 17 heavy (non-hydrogen) atoms. The van der Waals surface area contributed by atoms with Crippen molar-refractivity contribution in [3.05, 3.63) is 5.82 Å². The molecule has 1 N–H and O–H groups in total. The molecule has 1 rings (SSSR count). The predicted octanol–water partition coefficient (Wildman–Crippen LogP) is 1.83. The number of unbranched alkanes of at least 4 members (excludes halogenated alkanes) is 4. The minimum absolute atomic E-state index is 0.438. The molecule has 0 aliphatic carbocycles. The Morgan fingerprint density at radius 2 is 2.06 bits per heavy atom. The number of rotatable bonds is 8. The van der Waals surface area contributed by atoms with Gasteiger partial charge < -0.3 is 5.11 Å². The first-order valence-electron chi connectivity index (χ1n) is 6.15. The quantitative estimate of drug-likeness (QED) is 0.701. The lowest BCUT2D eigenvalue weighted by atomic mass is 10.1. The zero-order chi connectivity index (χ0) is 12.7. The molecule has 0 saturated heterocycles. The Morgan fingerprint density at radius 1 is 1.35 bits per heavy atom. The van der Waals surface area contributed by atoms with Crippen LogP contribution in [0.5, 0.6) is 0 Å². The van der Waals surface area contributed by atoms with Crippen molar-refractivity contribution in [3.8, 4) is 0 Å². The Balaban J connectivity index is 2.43. The molecule has 1 heterocycles. The summed E-state index contributed by atoms with van der Waals surface area (Å²) in [5.74, 6) is -1.11. The number of aryl methyl sites for hydroxylation is 1. The SMILES string of the molecule is CCCCCCCn1nnnc1C(C)C(=O)O. The van der Waals surface area contributed by atoms with Crippen molar-refractivity contribution in [2.24, 2.45) is 0 Å². The first-order valence-corrected chi connectivity index (χ1v) is 6.15. The Morgan fingerprint density at radius 3 is 2.71 bits per heavy atom. The van der Waals surface area contributed by atoms with Gasteiger partial charge in [-0.2, -0.15) is 0 Å². The minimum atomic E-state index is -0.896. The van der Waals surface area contributed by atoms with Gasteiger partial charge in [0.15, 0.2) is 5.82 Å². The number of aromatic nitrogens is 4. The van der Waals surface area contributed by atoms with Crippen molar-refractivity contribution in [3.63, 3.8) is 0 Å². The Bertz CT molecular complexity index is 351. The fourth-order valence-corrected chi connectivity index (χ4v) is 1.66. The Hall–Kier alpha value is -1.46. The standard InChI is InChI=1S/C11H20N4O2/c1-3-4-5-6-7-8-15-10(12-13-14-15)9(2)11(16)17/h9H,3-8H2,1-2H3,(H,16,17). The van der Waals surface area contributed by atoms with Gasteiger partial charge in [0.25, 0.3) is 0 Å². The van der Waals surface area contributed by atoms with E-state index in [1.54, 1.807) is 11.6 Å². The number of tetrazole rings is 1. The molecule has 0 aromatic carbocycles. The molecule has 0 aliphatic heterocycles. The van der Waals surface area contributed by atoms with Gasteiger partial charge >= 0.3 is 5.97 Å². The van der Waals surface area contributed by atoms with Crippen LogP contribution in [0.3, 0.4) is 0 Å². The molecule has 0 amide bonds. The van der Waals surface area contributed by atoms with E-state index in [1.165, 1.54) is 19.3 Å². The number of hydrogen-bond donors (Lipinski definition) is 1. The molecule has 1 aromatic rings. The number of nitrogens with zero attached hydrogens (tertiary/aromatic N) is 4. The molecule has 0 radical (unpaired) electrons. The van der Waals surface area contributed by atoms with Gasteiger partial charge in [-0.3, -0.25) is 4.79 Å². The van der Waals surface area contributed by atoms with Crippen molar-refractivity contribution in [1.82, 2.24) is 20.2 Å². The lowest BCUT2D eigenvalue weighted by molar-refractivity contribution is -0.138. The van der Waals surface area contributed by atoms with Crippen LogP contribution < -0.4 is 0 Å². The highest BCUT2D eigenvalue weighted by Gasteiger charge is 2.20. The van der Waals surface area contributed by atoms with Crippen LogP contribution in [-0.2, 0) is 11.3 Å². The van der Waals surface area contributed by atoms with E-state index in [4.69, 9.17) is 5.11 Å². The number of carboxylic acid groups (broad SMARTS) is 1. The van der Waals surface area contributed by atoms with Gasteiger partial charge in [0.1, 0.15) is 5.92 Å². The summed E-state index contributed by atoms with van der Waals surface area (Å²) in [6, 6.07) is 0. The number of aliphatic carboxylic acids is 1. The van der Waals surface area contributed by atoms with Gasteiger partial charge in [0.2, 0.25) is 0 Å². The monoisotopic (exact) mass is 240 g/mol. The average Bonchev–Trinajstić information content (AvgIpc) is 2.76. The van der Waals surface area contributed by atoms with Crippen molar-refractivity contribution in [2.45, 2.75) is 58.4 Å². The van der Waals surface area contributed by atoms with Gasteiger partial charge in [-0.15, -0.1) is 5.10 Å². The maximum atomic E-state index is 10.9. The highest BCUT2D eigenvalue weighted by Crippen LogP contribution is 2.12. The fraction of sp³-hybridized carbons (Fsp3) is 0.818. The molecular formula is C11H20N4O2. The normalized spacial score (nSPS) is 12.6. The summed E-state index contributed by atoms with van der Waals surface area (Å²) in [4.78, 5) is 10.9. The van der Waals surface area contributed by atoms with E-state index in [0.717, 1.165) is 12.8 Å². The average molecular weight is 240 g/mol. The fourth-order valence-electron chi connectivity index (χ4n) is 1.66. The number of carboxylic acids is 1. The van der Waals surface area contributed by atoms with E-state index in [1.807, 2.05) is 0 Å². The summed E-state index contributed by atoms with van der Waals surface area (Å²) in [7, 11) is 0. The molecule has 0 aliphatic rings. The lowest BCUT2D eigenvalue weighted by Gasteiger charge is -2.07. The first kappa shape index (κ1) is 13.6. The van der Waals surface area contributed by atoms with E-state index >= 15 is 0 Å². The molecule has 6 nitrogen and oxygen atoms in total. The second kappa shape index (κ2) is 6.98. The van der Waals surface area contributed by atoms with Crippen LogP contribution in [0.4, 0.5) is 0 Å². The maximum absolute atomic E-state index is 10.9. The van der Waals surface area contributed by atoms with Crippen LogP contribution in [0.2, 0.25) is 0 Å². The van der Waals surface area contributed by atoms with Crippen LogP contribution >= 0.6 is 0 Å². The Labute approximate surface area is 101 Å². The molecule has 1 aromatic heterocycles. The van der Waals surface area contributed by atoms with Crippen LogP contribution in [0, 0.1) is 0 Å². The highest BCUT2D eigenvalue weighted by atomic mass is 16.4. The molecule has 0 bridgehead atoms. The summed E-state index contributed by atoms with van der Waals surface area (Å²) >= 11 is 0. The van der Waals surface area contributed by atoms with Crippen LogP contribution in [0.15, 0.2) is 0 Å². The minimum Gasteiger partial charge on any atom is -0.481 e. The van der Waals surface area contributed by atoms with E-state index < -0.39 is 11.9 Å². The largest absolute Gasteiger partial charge is 0.481 e. The molecule has 0 spiro atoms. The summed E-state index contributed by atoms with van der Waals surface area (Å²) < 4.78 is 1.60. The molecule has 96 valence electrons. The topological polar surface area (TPSA) is 80.9 Å². The van der Waals surface area contributed by atoms with Gasteiger partial charge in [0.05, 0.1) is 0 Å². The first-order chi connectivity index (χ1) is 8.16. The van der Waals surface area contributed by atoms with Crippen LogP contribution in [-0.4, -0.2) is 31.3 Å². The molecule has 6 heteroatoms. The van der Waals surface area contributed by atoms with Crippen molar-refractivity contribution < 1.29 is 9.90 Å². The summed E-state index contributed by atoms with van der Waals surface area (Å²) in [5, 5.41) is 20.1. The maximum Gasteiger partial charge on any atom is 0.314 e. The van der Waals surface area contributed by atoms with Crippen molar-refractivity contribution >= 4 is 5.97 Å².